The summed E-state index contributed by atoms with van der Waals surface area (Å²) >= 11 is 1.03. The first-order valence-electron chi connectivity index (χ1n) is 8.08. The van der Waals surface area contributed by atoms with Crippen LogP contribution in [0.5, 0.6) is 0 Å². The van der Waals surface area contributed by atoms with Gasteiger partial charge in [0.1, 0.15) is 12.6 Å². The molecule has 1 heterocycles. The quantitative estimate of drug-likeness (QED) is 0.472. The Kier molecular flexibility index (Phi) is 8.54. The van der Waals surface area contributed by atoms with Crippen LogP contribution in [0, 0.1) is 0 Å². The maximum Gasteiger partial charge on any atom is 0.303 e. The molecule has 0 aliphatic carbocycles. The molecule has 0 radical (unpaired) electrons. The van der Waals surface area contributed by atoms with Crippen molar-refractivity contribution in [3.05, 3.63) is 0 Å². The SMILES string of the molecule is CC(=O)NC1[C@@H](OC(C)=O)[C@H](OC(C)=O)C(COC(C)=O)S[C@@H]1OC(C)=O. The van der Waals surface area contributed by atoms with Gasteiger partial charge < -0.3 is 24.3 Å². The van der Waals surface area contributed by atoms with E-state index in [1.165, 1.54) is 27.7 Å². The Labute approximate surface area is 160 Å². The largest absolute Gasteiger partial charge is 0.465 e. The highest BCUT2D eigenvalue weighted by molar-refractivity contribution is 8.00. The summed E-state index contributed by atoms with van der Waals surface area (Å²) in [5, 5.41) is 1.87. The van der Waals surface area contributed by atoms with E-state index >= 15 is 0 Å². The standard InChI is InChI=1S/C16H23NO9S/c1-7(18)17-13-15(25-10(4)21)14(24-9(3)20)12(6-23-8(2)19)27-16(13)26-11(5)22/h12-16H,6H2,1-5H3,(H,17,18)/t12?,13?,14-,15-,16+/m1/s1. The molecule has 152 valence electrons. The number of hydrogen-bond acceptors (Lipinski definition) is 10. The van der Waals surface area contributed by atoms with Crippen molar-refractivity contribution in [1.82, 2.24) is 5.32 Å². The monoisotopic (exact) mass is 405 g/mol. The first kappa shape index (κ1) is 22.7. The van der Waals surface area contributed by atoms with Crippen molar-refractivity contribution in [2.75, 3.05) is 6.61 Å². The average molecular weight is 405 g/mol. The van der Waals surface area contributed by atoms with Gasteiger partial charge in [-0.15, -0.1) is 11.8 Å². The normalized spacial score (nSPS) is 27.1. The van der Waals surface area contributed by atoms with E-state index in [0.29, 0.717) is 0 Å². The lowest BCUT2D eigenvalue weighted by atomic mass is 10.0. The molecule has 1 rings (SSSR count). The molecule has 1 saturated heterocycles. The highest BCUT2D eigenvalue weighted by atomic mass is 32.2. The van der Waals surface area contributed by atoms with Crippen molar-refractivity contribution >= 4 is 41.5 Å². The highest BCUT2D eigenvalue weighted by Crippen LogP contribution is 2.37. The zero-order valence-corrected chi connectivity index (χ0v) is 16.5. The summed E-state index contributed by atoms with van der Waals surface area (Å²) in [5.41, 5.74) is -0.955. The molecule has 0 saturated carbocycles. The van der Waals surface area contributed by atoms with E-state index in [-0.39, 0.29) is 6.61 Å². The van der Waals surface area contributed by atoms with Gasteiger partial charge in [-0.25, -0.2) is 0 Å². The van der Waals surface area contributed by atoms with E-state index in [1.54, 1.807) is 0 Å². The van der Waals surface area contributed by atoms with Crippen LogP contribution in [-0.2, 0) is 42.9 Å². The number of esters is 4. The molecular weight excluding hydrogens is 382 g/mol. The molecule has 1 amide bonds. The van der Waals surface area contributed by atoms with Crippen molar-refractivity contribution < 1.29 is 42.9 Å². The van der Waals surface area contributed by atoms with Crippen molar-refractivity contribution in [3.8, 4) is 0 Å². The fourth-order valence-corrected chi connectivity index (χ4v) is 3.99. The highest BCUT2D eigenvalue weighted by Gasteiger charge is 2.51. The molecule has 0 aromatic rings. The smallest absolute Gasteiger partial charge is 0.303 e. The Bertz CT molecular complexity index is 609. The van der Waals surface area contributed by atoms with Gasteiger partial charge in [0, 0.05) is 34.6 Å². The van der Waals surface area contributed by atoms with Crippen LogP contribution in [0.1, 0.15) is 34.6 Å². The van der Waals surface area contributed by atoms with Gasteiger partial charge in [-0.05, 0) is 0 Å². The Balaban J connectivity index is 3.29. The van der Waals surface area contributed by atoms with Crippen LogP contribution in [0.3, 0.4) is 0 Å². The number of nitrogens with one attached hydrogen (secondary N) is 1. The third-order valence-electron chi connectivity index (χ3n) is 3.35. The minimum absolute atomic E-state index is 0.180. The third kappa shape index (κ3) is 7.45. The summed E-state index contributed by atoms with van der Waals surface area (Å²) in [6, 6.07) is -0.974. The van der Waals surface area contributed by atoms with Gasteiger partial charge in [-0.3, -0.25) is 24.0 Å². The number of hydrogen-bond donors (Lipinski definition) is 1. The summed E-state index contributed by atoms with van der Waals surface area (Å²) in [6.07, 6.45) is -2.19. The van der Waals surface area contributed by atoms with E-state index in [9.17, 15) is 24.0 Å². The number of amides is 1. The molecule has 0 aromatic carbocycles. The average Bonchev–Trinajstić information content (AvgIpc) is 2.49. The molecule has 10 nitrogen and oxygen atoms in total. The molecule has 1 aliphatic heterocycles. The van der Waals surface area contributed by atoms with E-state index in [1.807, 2.05) is 0 Å². The van der Waals surface area contributed by atoms with E-state index in [2.05, 4.69) is 5.32 Å². The summed E-state index contributed by atoms with van der Waals surface area (Å²) in [6.45, 7) is 5.78. The predicted molar refractivity (Wildman–Crippen MR) is 92.3 cm³/mol. The summed E-state index contributed by atoms with van der Waals surface area (Å²) in [4.78, 5) is 57.4. The second kappa shape index (κ2) is 10.1. The van der Waals surface area contributed by atoms with E-state index in [0.717, 1.165) is 18.7 Å². The fraction of sp³-hybridized carbons (Fsp3) is 0.688. The predicted octanol–water partition coefficient (Wildman–Crippen LogP) is -0.0778. The third-order valence-corrected chi connectivity index (χ3v) is 4.76. The lowest BCUT2D eigenvalue weighted by Crippen LogP contribution is -2.63. The van der Waals surface area contributed by atoms with Crippen LogP contribution in [0.2, 0.25) is 0 Å². The number of rotatable bonds is 6. The number of ether oxygens (including phenoxy) is 4. The van der Waals surface area contributed by atoms with Gasteiger partial charge >= 0.3 is 23.9 Å². The Morgan fingerprint density at radius 1 is 0.778 bits per heavy atom. The van der Waals surface area contributed by atoms with Gasteiger partial charge in [0.25, 0.3) is 0 Å². The van der Waals surface area contributed by atoms with Gasteiger partial charge in [-0.2, -0.15) is 0 Å². The van der Waals surface area contributed by atoms with Crippen LogP contribution < -0.4 is 5.32 Å². The van der Waals surface area contributed by atoms with Gasteiger partial charge in [0.05, 0.1) is 5.25 Å². The number of thioether (sulfide) groups is 1. The van der Waals surface area contributed by atoms with Crippen LogP contribution in [0.25, 0.3) is 0 Å². The van der Waals surface area contributed by atoms with E-state index in [4.69, 9.17) is 18.9 Å². The second-order valence-corrected chi connectivity index (χ2v) is 7.17. The maximum atomic E-state index is 11.6. The molecular formula is C16H23NO9S. The van der Waals surface area contributed by atoms with Crippen LogP contribution in [0.15, 0.2) is 0 Å². The van der Waals surface area contributed by atoms with E-state index < -0.39 is 58.7 Å². The molecule has 1 N–H and O–H groups in total. The molecule has 1 fully saturated rings. The Hall–Kier alpha value is -2.30. The second-order valence-electron chi connectivity index (χ2n) is 5.83. The molecule has 2 unspecified atom stereocenters. The Morgan fingerprint density at radius 2 is 1.30 bits per heavy atom. The summed E-state index contributed by atoms with van der Waals surface area (Å²) in [5.74, 6) is -2.99. The van der Waals surface area contributed by atoms with Gasteiger partial charge in [0.15, 0.2) is 17.6 Å². The number of carbonyl (C=O) groups is 5. The first-order chi connectivity index (χ1) is 12.5. The van der Waals surface area contributed by atoms with Crippen LogP contribution in [0.4, 0.5) is 0 Å². The molecule has 0 aromatic heterocycles. The molecule has 0 bridgehead atoms. The zero-order chi connectivity index (χ0) is 20.7. The van der Waals surface area contributed by atoms with Crippen molar-refractivity contribution in [2.45, 2.75) is 63.6 Å². The van der Waals surface area contributed by atoms with Crippen molar-refractivity contribution in [2.24, 2.45) is 0 Å². The Morgan fingerprint density at radius 3 is 1.74 bits per heavy atom. The fourth-order valence-electron chi connectivity index (χ4n) is 2.55. The zero-order valence-electron chi connectivity index (χ0n) is 15.7. The lowest BCUT2D eigenvalue weighted by molar-refractivity contribution is -0.175. The minimum Gasteiger partial charge on any atom is -0.465 e. The lowest BCUT2D eigenvalue weighted by Gasteiger charge is -2.44. The van der Waals surface area contributed by atoms with Crippen molar-refractivity contribution in [1.29, 1.82) is 0 Å². The molecule has 5 atom stereocenters. The van der Waals surface area contributed by atoms with Crippen LogP contribution in [-0.4, -0.2) is 65.3 Å². The molecule has 11 heteroatoms. The number of carbonyl (C=O) groups excluding carboxylic acids is 5. The molecule has 0 spiro atoms. The van der Waals surface area contributed by atoms with Gasteiger partial charge in [0.2, 0.25) is 5.91 Å². The summed E-state index contributed by atoms with van der Waals surface area (Å²) < 4.78 is 20.8. The summed E-state index contributed by atoms with van der Waals surface area (Å²) in [7, 11) is 0. The molecule has 27 heavy (non-hydrogen) atoms. The van der Waals surface area contributed by atoms with Gasteiger partial charge in [-0.1, -0.05) is 0 Å². The topological polar surface area (TPSA) is 134 Å². The molecule has 1 aliphatic rings. The van der Waals surface area contributed by atoms with Crippen LogP contribution >= 0.6 is 11.8 Å². The minimum atomic E-state index is -1.15. The maximum absolute atomic E-state index is 11.6. The van der Waals surface area contributed by atoms with Crippen molar-refractivity contribution in [3.63, 3.8) is 0 Å². The first-order valence-corrected chi connectivity index (χ1v) is 9.03.